The van der Waals surface area contributed by atoms with E-state index in [0.29, 0.717) is 28.7 Å². The third kappa shape index (κ3) is 5.52. The van der Waals surface area contributed by atoms with Crippen molar-refractivity contribution in [3.05, 3.63) is 42.5 Å². The van der Waals surface area contributed by atoms with Crippen molar-refractivity contribution in [2.45, 2.75) is 0 Å². The summed E-state index contributed by atoms with van der Waals surface area (Å²) >= 11 is 5.15. The van der Waals surface area contributed by atoms with Gasteiger partial charge in [-0.05, 0) is 48.6 Å². The molecule has 0 aromatic heterocycles. The Kier molecular flexibility index (Phi) is 7.04. The third-order valence-electron chi connectivity index (χ3n) is 3.34. The Labute approximate surface area is 157 Å². The highest BCUT2D eigenvalue weighted by molar-refractivity contribution is 7.80. The number of hydrogen-bond donors (Lipinski definition) is 2. The number of thiocarbonyl (C=S) groups is 1. The molecule has 0 saturated carbocycles. The molecule has 2 N–H and O–H groups in total. The maximum atomic E-state index is 12.0. The molecule has 0 heterocycles. The zero-order valence-electron chi connectivity index (χ0n) is 14.7. The molecule has 2 aromatic rings. The van der Waals surface area contributed by atoms with E-state index in [-0.39, 0.29) is 17.6 Å². The molecule has 0 saturated heterocycles. The normalized spacial score (nSPS) is 9.81. The van der Waals surface area contributed by atoms with E-state index in [9.17, 15) is 4.79 Å². The zero-order chi connectivity index (χ0) is 18.9. The first-order valence-electron chi connectivity index (χ1n) is 7.65. The van der Waals surface area contributed by atoms with E-state index >= 15 is 0 Å². The number of carbonyl (C=O) groups is 1. The molecule has 0 bridgehead atoms. The van der Waals surface area contributed by atoms with Gasteiger partial charge in [0.15, 0.2) is 11.7 Å². The lowest BCUT2D eigenvalue weighted by molar-refractivity contribution is -0.121. The number of carbonyl (C=O) groups excluding carboxylic acids is 1. The molecule has 0 aliphatic carbocycles. The van der Waals surface area contributed by atoms with E-state index in [1.54, 1.807) is 56.7 Å². The van der Waals surface area contributed by atoms with Crippen molar-refractivity contribution >= 4 is 28.9 Å². The van der Waals surface area contributed by atoms with Crippen LogP contribution in [0.15, 0.2) is 42.5 Å². The number of hydrogen-bond acceptors (Lipinski definition) is 6. The Bertz CT molecular complexity index is 765. The molecular formula is C18H20N2O5S. The Morgan fingerprint density at radius 1 is 0.923 bits per heavy atom. The molecule has 26 heavy (non-hydrogen) atoms. The second-order valence-electron chi connectivity index (χ2n) is 5.03. The van der Waals surface area contributed by atoms with Gasteiger partial charge in [-0.2, -0.15) is 0 Å². The van der Waals surface area contributed by atoms with Crippen LogP contribution in [0, 0.1) is 0 Å². The second-order valence-corrected chi connectivity index (χ2v) is 5.44. The van der Waals surface area contributed by atoms with E-state index in [0.717, 1.165) is 0 Å². The summed E-state index contributed by atoms with van der Waals surface area (Å²) < 4.78 is 20.9. The van der Waals surface area contributed by atoms with Crippen LogP contribution in [0.4, 0.5) is 5.69 Å². The van der Waals surface area contributed by atoms with Gasteiger partial charge in [-0.3, -0.25) is 10.1 Å². The standard InChI is InChI=1S/C18H20N2O5S/c1-22-12-4-6-13(7-5-12)25-11-17(21)20-18(26)19-15-10-14(23-2)8-9-16(15)24-3/h4-10H,11H2,1-3H3,(H2,19,20,21,26). The van der Waals surface area contributed by atoms with Crippen molar-refractivity contribution in [1.82, 2.24) is 5.32 Å². The second kappa shape index (κ2) is 9.47. The molecule has 8 heteroatoms. The van der Waals surface area contributed by atoms with Gasteiger partial charge in [0.1, 0.15) is 23.0 Å². The average Bonchev–Trinajstić information content (AvgIpc) is 2.66. The first kappa shape index (κ1) is 19.3. The molecule has 138 valence electrons. The summed E-state index contributed by atoms with van der Waals surface area (Å²) in [5, 5.41) is 5.57. The zero-order valence-corrected chi connectivity index (χ0v) is 15.5. The maximum Gasteiger partial charge on any atom is 0.264 e. The van der Waals surface area contributed by atoms with Gasteiger partial charge in [-0.15, -0.1) is 0 Å². The summed E-state index contributed by atoms with van der Waals surface area (Å²) in [6.07, 6.45) is 0. The quantitative estimate of drug-likeness (QED) is 0.719. The average molecular weight is 376 g/mol. The molecule has 0 unspecified atom stereocenters. The largest absolute Gasteiger partial charge is 0.497 e. The highest BCUT2D eigenvalue weighted by Gasteiger charge is 2.10. The Morgan fingerprint density at radius 2 is 1.54 bits per heavy atom. The molecule has 0 spiro atoms. The van der Waals surface area contributed by atoms with E-state index in [4.69, 9.17) is 31.2 Å². The molecule has 7 nitrogen and oxygen atoms in total. The van der Waals surface area contributed by atoms with Crippen LogP contribution in [-0.2, 0) is 4.79 Å². The SMILES string of the molecule is COc1ccc(OCC(=O)NC(=S)Nc2cc(OC)ccc2OC)cc1. The number of ether oxygens (including phenoxy) is 4. The highest BCUT2D eigenvalue weighted by atomic mass is 32.1. The summed E-state index contributed by atoms with van der Waals surface area (Å²) in [6, 6.07) is 12.1. The fourth-order valence-electron chi connectivity index (χ4n) is 2.05. The first-order valence-corrected chi connectivity index (χ1v) is 8.06. The van der Waals surface area contributed by atoms with Gasteiger partial charge in [-0.1, -0.05) is 0 Å². The van der Waals surface area contributed by atoms with Crippen LogP contribution >= 0.6 is 12.2 Å². The summed E-state index contributed by atoms with van der Waals surface area (Å²) in [7, 11) is 4.67. The first-order chi connectivity index (χ1) is 12.5. The van der Waals surface area contributed by atoms with Crippen LogP contribution in [0.1, 0.15) is 0 Å². The molecule has 2 rings (SSSR count). The van der Waals surface area contributed by atoms with Gasteiger partial charge < -0.3 is 24.3 Å². The fourth-order valence-corrected chi connectivity index (χ4v) is 2.27. The van der Waals surface area contributed by atoms with Crippen LogP contribution < -0.4 is 29.6 Å². The van der Waals surface area contributed by atoms with Crippen molar-refractivity contribution in [3.8, 4) is 23.0 Å². The van der Waals surface area contributed by atoms with E-state index in [1.165, 1.54) is 7.11 Å². The lowest BCUT2D eigenvalue weighted by Crippen LogP contribution is -2.37. The molecular weight excluding hydrogens is 356 g/mol. The molecule has 0 aliphatic rings. The van der Waals surface area contributed by atoms with Gasteiger partial charge in [0, 0.05) is 6.07 Å². The number of benzene rings is 2. The van der Waals surface area contributed by atoms with E-state index in [1.807, 2.05) is 0 Å². The van der Waals surface area contributed by atoms with E-state index in [2.05, 4.69) is 10.6 Å². The fraction of sp³-hybridized carbons (Fsp3) is 0.222. The lowest BCUT2D eigenvalue weighted by atomic mass is 10.2. The van der Waals surface area contributed by atoms with Gasteiger partial charge in [-0.25, -0.2) is 0 Å². The molecule has 0 radical (unpaired) electrons. The van der Waals surface area contributed by atoms with Crippen LogP contribution in [0.25, 0.3) is 0 Å². The maximum absolute atomic E-state index is 12.0. The van der Waals surface area contributed by atoms with Crippen molar-refractivity contribution in [2.75, 3.05) is 33.3 Å². The summed E-state index contributed by atoms with van der Waals surface area (Å²) in [4.78, 5) is 12.0. The molecule has 0 fully saturated rings. The highest BCUT2D eigenvalue weighted by Crippen LogP contribution is 2.28. The van der Waals surface area contributed by atoms with Crippen molar-refractivity contribution in [2.24, 2.45) is 0 Å². The minimum atomic E-state index is -0.389. The number of anilines is 1. The topological polar surface area (TPSA) is 78.1 Å². The Balaban J connectivity index is 1.87. The molecule has 0 aliphatic heterocycles. The monoisotopic (exact) mass is 376 g/mol. The summed E-state index contributed by atoms with van der Waals surface area (Å²) in [6.45, 7) is -0.177. The number of methoxy groups -OCH3 is 3. The summed E-state index contributed by atoms with van der Waals surface area (Å²) in [5.41, 5.74) is 0.577. The van der Waals surface area contributed by atoms with Crippen LogP contribution in [0.3, 0.4) is 0 Å². The van der Waals surface area contributed by atoms with Gasteiger partial charge in [0.05, 0.1) is 27.0 Å². The van der Waals surface area contributed by atoms with E-state index < -0.39 is 0 Å². The predicted molar refractivity (Wildman–Crippen MR) is 102 cm³/mol. The number of amides is 1. The molecule has 0 atom stereocenters. The lowest BCUT2D eigenvalue weighted by Gasteiger charge is -2.14. The number of nitrogens with one attached hydrogen (secondary N) is 2. The Morgan fingerprint density at radius 3 is 2.15 bits per heavy atom. The van der Waals surface area contributed by atoms with Crippen LogP contribution in [-0.4, -0.2) is 39.0 Å². The Hall–Kier alpha value is -3.00. The van der Waals surface area contributed by atoms with Crippen LogP contribution in [0.2, 0.25) is 0 Å². The summed E-state index contributed by atoms with van der Waals surface area (Å²) in [5.74, 6) is 2.07. The van der Waals surface area contributed by atoms with Crippen molar-refractivity contribution in [1.29, 1.82) is 0 Å². The van der Waals surface area contributed by atoms with Gasteiger partial charge in [0.2, 0.25) is 0 Å². The minimum absolute atomic E-state index is 0.125. The van der Waals surface area contributed by atoms with Gasteiger partial charge >= 0.3 is 0 Å². The van der Waals surface area contributed by atoms with Crippen molar-refractivity contribution < 1.29 is 23.7 Å². The van der Waals surface area contributed by atoms with Crippen LogP contribution in [0.5, 0.6) is 23.0 Å². The smallest absolute Gasteiger partial charge is 0.264 e. The third-order valence-corrected chi connectivity index (χ3v) is 3.54. The molecule has 1 amide bonds. The minimum Gasteiger partial charge on any atom is -0.497 e. The number of rotatable bonds is 7. The van der Waals surface area contributed by atoms with Crippen molar-refractivity contribution in [3.63, 3.8) is 0 Å². The van der Waals surface area contributed by atoms with Gasteiger partial charge in [0.25, 0.3) is 5.91 Å². The predicted octanol–water partition coefficient (Wildman–Crippen LogP) is 2.60. The molecule has 2 aromatic carbocycles.